The second kappa shape index (κ2) is 8.02. The van der Waals surface area contributed by atoms with Gasteiger partial charge in [0.15, 0.2) is 0 Å². The molecule has 0 heterocycles. The lowest BCUT2D eigenvalue weighted by Gasteiger charge is -2.20. The van der Waals surface area contributed by atoms with Crippen molar-refractivity contribution < 1.29 is 9.47 Å². The quantitative estimate of drug-likeness (QED) is 0.840. The Bertz CT molecular complexity index is 635. The number of rotatable bonds is 7. The van der Waals surface area contributed by atoms with Gasteiger partial charge >= 0.3 is 0 Å². The van der Waals surface area contributed by atoms with Crippen LogP contribution in [0.2, 0.25) is 0 Å². The summed E-state index contributed by atoms with van der Waals surface area (Å²) in [5.41, 5.74) is 11.0. The summed E-state index contributed by atoms with van der Waals surface area (Å²) in [7, 11) is 1.72. The minimum Gasteiger partial charge on any atom is -0.496 e. The molecular weight excluding hydrogens is 286 g/mol. The van der Waals surface area contributed by atoms with Gasteiger partial charge in [0.1, 0.15) is 11.5 Å². The number of ether oxygens (including phenoxy) is 2. The SMILES string of the molecule is CCOc1ccc(CC(CN)c2cc(C)c(C)cc2OC)cc1. The number of nitrogens with two attached hydrogens (primary N) is 1. The Kier molecular flexibility index (Phi) is 6.05. The fourth-order valence-corrected chi connectivity index (χ4v) is 2.80. The molecule has 0 aliphatic carbocycles. The molecule has 0 saturated carbocycles. The van der Waals surface area contributed by atoms with Crippen LogP contribution in [0.3, 0.4) is 0 Å². The van der Waals surface area contributed by atoms with Crippen LogP contribution in [0.1, 0.15) is 35.1 Å². The Morgan fingerprint density at radius 1 is 1.04 bits per heavy atom. The van der Waals surface area contributed by atoms with Crippen molar-refractivity contribution in [3.8, 4) is 11.5 Å². The molecule has 2 N–H and O–H groups in total. The summed E-state index contributed by atoms with van der Waals surface area (Å²) in [5, 5.41) is 0. The Morgan fingerprint density at radius 2 is 1.70 bits per heavy atom. The molecule has 0 fully saturated rings. The first-order valence-electron chi connectivity index (χ1n) is 8.16. The maximum atomic E-state index is 6.06. The lowest BCUT2D eigenvalue weighted by atomic mass is 9.89. The molecule has 1 unspecified atom stereocenters. The van der Waals surface area contributed by atoms with E-state index in [9.17, 15) is 0 Å². The van der Waals surface area contributed by atoms with Crippen molar-refractivity contribution in [2.45, 2.75) is 33.1 Å². The lowest BCUT2D eigenvalue weighted by Crippen LogP contribution is -2.16. The van der Waals surface area contributed by atoms with Gasteiger partial charge in [-0.15, -0.1) is 0 Å². The molecule has 0 spiro atoms. The summed E-state index contributed by atoms with van der Waals surface area (Å²) < 4.78 is 11.1. The Hall–Kier alpha value is -2.00. The van der Waals surface area contributed by atoms with Crippen molar-refractivity contribution in [2.24, 2.45) is 5.73 Å². The normalized spacial score (nSPS) is 12.0. The first-order chi connectivity index (χ1) is 11.1. The molecule has 2 aromatic carbocycles. The second-order valence-corrected chi connectivity index (χ2v) is 5.89. The monoisotopic (exact) mass is 313 g/mol. The molecule has 3 heteroatoms. The predicted octanol–water partition coefficient (Wildman–Crippen LogP) is 4.00. The lowest BCUT2D eigenvalue weighted by molar-refractivity contribution is 0.340. The zero-order valence-electron chi connectivity index (χ0n) is 14.6. The number of hydrogen-bond acceptors (Lipinski definition) is 3. The molecule has 1 atom stereocenters. The number of methoxy groups -OCH3 is 1. The molecule has 0 radical (unpaired) electrons. The average Bonchev–Trinajstić information content (AvgIpc) is 2.56. The van der Waals surface area contributed by atoms with Gasteiger partial charge in [0.05, 0.1) is 13.7 Å². The highest BCUT2D eigenvalue weighted by Crippen LogP contribution is 2.31. The first kappa shape index (κ1) is 17.4. The topological polar surface area (TPSA) is 44.5 Å². The summed E-state index contributed by atoms with van der Waals surface area (Å²) >= 11 is 0. The Labute approximate surface area is 139 Å². The van der Waals surface area contributed by atoms with Crippen LogP contribution < -0.4 is 15.2 Å². The molecule has 0 aromatic heterocycles. The number of benzene rings is 2. The van der Waals surface area contributed by atoms with E-state index < -0.39 is 0 Å². The van der Waals surface area contributed by atoms with Gasteiger partial charge in [-0.05, 0) is 74.2 Å². The van der Waals surface area contributed by atoms with Gasteiger partial charge in [-0.2, -0.15) is 0 Å². The molecule has 0 aliphatic heterocycles. The van der Waals surface area contributed by atoms with Crippen LogP contribution in [0.4, 0.5) is 0 Å². The Balaban J connectivity index is 2.24. The largest absolute Gasteiger partial charge is 0.496 e. The average molecular weight is 313 g/mol. The minimum atomic E-state index is 0.238. The van der Waals surface area contributed by atoms with Gasteiger partial charge in [-0.1, -0.05) is 18.2 Å². The van der Waals surface area contributed by atoms with E-state index in [1.165, 1.54) is 22.3 Å². The van der Waals surface area contributed by atoms with E-state index in [2.05, 4.69) is 38.1 Å². The van der Waals surface area contributed by atoms with Crippen LogP contribution in [0.25, 0.3) is 0 Å². The van der Waals surface area contributed by atoms with Crippen molar-refractivity contribution in [3.63, 3.8) is 0 Å². The molecular formula is C20H27NO2. The van der Waals surface area contributed by atoms with Gasteiger partial charge in [0.25, 0.3) is 0 Å². The third-order valence-electron chi connectivity index (χ3n) is 4.29. The fourth-order valence-electron chi connectivity index (χ4n) is 2.80. The van der Waals surface area contributed by atoms with Crippen LogP contribution in [-0.2, 0) is 6.42 Å². The Morgan fingerprint density at radius 3 is 2.26 bits per heavy atom. The van der Waals surface area contributed by atoms with Crippen molar-refractivity contribution in [2.75, 3.05) is 20.3 Å². The number of aryl methyl sites for hydroxylation is 2. The summed E-state index contributed by atoms with van der Waals surface area (Å²) in [5.74, 6) is 2.07. The summed E-state index contributed by atoms with van der Waals surface area (Å²) in [6.45, 7) is 7.50. The number of hydrogen-bond donors (Lipinski definition) is 1. The summed E-state index contributed by atoms with van der Waals surface area (Å²) in [6.07, 6.45) is 0.891. The standard InChI is InChI=1S/C20H27NO2/c1-5-23-18-8-6-16(7-9-18)12-17(13-21)19-10-14(2)15(3)11-20(19)22-4/h6-11,17H,5,12-13,21H2,1-4H3. The smallest absolute Gasteiger partial charge is 0.122 e. The second-order valence-electron chi connectivity index (χ2n) is 5.89. The van der Waals surface area contributed by atoms with E-state index in [1.54, 1.807) is 7.11 Å². The minimum absolute atomic E-state index is 0.238. The predicted molar refractivity (Wildman–Crippen MR) is 95.6 cm³/mol. The first-order valence-corrected chi connectivity index (χ1v) is 8.16. The van der Waals surface area contributed by atoms with Crippen molar-refractivity contribution in [1.82, 2.24) is 0 Å². The molecule has 0 saturated heterocycles. The van der Waals surface area contributed by atoms with E-state index in [4.69, 9.17) is 15.2 Å². The highest BCUT2D eigenvalue weighted by atomic mass is 16.5. The van der Waals surface area contributed by atoms with E-state index >= 15 is 0 Å². The van der Waals surface area contributed by atoms with E-state index in [0.29, 0.717) is 13.2 Å². The summed E-state index contributed by atoms with van der Waals surface area (Å²) in [4.78, 5) is 0. The molecule has 23 heavy (non-hydrogen) atoms. The molecule has 124 valence electrons. The van der Waals surface area contributed by atoms with E-state index in [-0.39, 0.29) is 5.92 Å². The molecule has 3 nitrogen and oxygen atoms in total. The van der Waals surface area contributed by atoms with Crippen molar-refractivity contribution >= 4 is 0 Å². The highest BCUT2D eigenvalue weighted by Gasteiger charge is 2.17. The highest BCUT2D eigenvalue weighted by molar-refractivity contribution is 5.44. The maximum Gasteiger partial charge on any atom is 0.122 e. The third kappa shape index (κ3) is 4.26. The van der Waals surface area contributed by atoms with Gasteiger partial charge in [0.2, 0.25) is 0 Å². The van der Waals surface area contributed by atoms with Crippen molar-refractivity contribution in [3.05, 3.63) is 58.7 Å². The van der Waals surface area contributed by atoms with E-state index in [1.807, 2.05) is 19.1 Å². The van der Waals surface area contributed by atoms with Crippen LogP contribution >= 0.6 is 0 Å². The molecule has 0 bridgehead atoms. The zero-order valence-corrected chi connectivity index (χ0v) is 14.6. The summed E-state index contributed by atoms with van der Waals surface area (Å²) in [6, 6.07) is 12.6. The molecule has 0 aliphatic rings. The van der Waals surface area contributed by atoms with Gasteiger partial charge < -0.3 is 15.2 Å². The zero-order chi connectivity index (χ0) is 16.8. The third-order valence-corrected chi connectivity index (χ3v) is 4.29. The fraction of sp³-hybridized carbons (Fsp3) is 0.400. The van der Waals surface area contributed by atoms with Gasteiger partial charge in [-0.25, -0.2) is 0 Å². The molecule has 0 amide bonds. The van der Waals surface area contributed by atoms with Gasteiger partial charge in [-0.3, -0.25) is 0 Å². The van der Waals surface area contributed by atoms with Crippen LogP contribution in [0.5, 0.6) is 11.5 Å². The molecule has 2 aromatic rings. The van der Waals surface area contributed by atoms with Crippen LogP contribution in [0.15, 0.2) is 36.4 Å². The maximum absolute atomic E-state index is 6.06. The molecule has 2 rings (SSSR count). The van der Waals surface area contributed by atoms with Crippen molar-refractivity contribution in [1.29, 1.82) is 0 Å². The van der Waals surface area contributed by atoms with E-state index in [0.717, 1.165) is 17.9 Å². The van der Waals surface area contributed by atoms with Crippen LogP contribution in [0, 0.1) is 13.8 Å². The van der Waals surface area contributed by atoms with Crippen LogP contribution in [-0.4, -0.2) is 20.3 Å². The van der Waals surface area contributed by atoms with Gasteiger partial charge in [0, 0.05) is 5.92 Å².